The van der Waals surface area contributed by atoms with Crippen LogP contribution in [-0.4, -0.2) is 44.8 Å². The molecule has 152 valence electrons. The van der Waals surface area contributed by atoms with Crippen LogP contribution in [0.2, 0.25) is 0 Å². The van der Waals surface area contributed by atoms with Crippen LogP contribution >= 0.6 is 0 Å². The molecule has 1 N–H and O–H groups in total. The second kappa shape index (κ2) is 7.29. The number of likely N-dealkylation sites (tertiary alicyclic amines) is 1. The quantitative estimate of drug-likeness (QED) is 0.546. The summed E-state index contributed by atoms with van der Waals surface area (Å²) in [5.74, 6) is 1.66. The minimum atomic E-state index is -0.110. The number of rotatable bonds is 5. The molecule has 1 amide bonds. The van der Waals surface area contributed by atoms with Crippen molar-refractivity contribution in [3.63, 3.8) is 0 Å². The maximum Gasteiger partial charge on any atom is 0.279 e. The first-order chi connectivity index (χ1) is 14.6. The molecule has 30 heavy (non-hydrogen) atoms. The summed E-state index contributed by atoms with van der Waals surface area (Å²) in [5, 5.41) is 12.4. The molecule has 1 aliphatic rings. The summed E-state index contributed by atoms with van der Waals surface area (Å²) in [6.07, 6.45) is 0.362. The number of hydrogen-bond acceptors (Lipinski definition) is 6. The lowest BCUT2D eigenvalue weighted by atomic mass is 10.1. The standard InChI is InChI=1S/C22H21N5O3/c1-13(14-7-9-16(29-2)10-8-14)27-12-15(11-19(27)28)21-23-22(30-26-21)20-17-5-3-4-6-18(17)24-25-20/h3-10,13,15H,11-12H2,1-2H3,(H,24,25). The van der Waals surface area contributed by atoms with E-state index in [4.69, 9.17) is 9.26 Å². The zero-order chi connectivity index (χ0) is 20.7. The Hall–Kier alpha value is -3.68. The maximum atomic E-state index is 12.7. The van der Waals surface area contributed by atoms with E-state index in [1.165, 1.54) is 0 Å². The number of nitrogens with one attached hydrogen (secondary N) is 1. The minimum Gasteiger partial charge on any atom is -0.497 e. The largest absolute Gasteiger partial charge is 0.497 e. The molecule has 1 saturated heterocycles. The molecule has 0 spiro atoms. The van der Waals surface area contributed by atoms with Crippen LogP contribution in [0.25, 0.3) is 22.5 Å². The number of methoxy groups -OCH3 is 1. The van der Waals surface area contributed by atoms with E-state index in [9.17, 15) is 4.79 Å². The van der Waals surface area contributed by atoms with E-state index in [0.717, 1.165) is 22.2 Å². The van der Waals surface area contributed by atoms with Gasteiger partial charge in [-0.2, -0.15) is 10.1 Å². The second-order valence-corrected chi connectivity index (χ2v) is 7.47. The Balaban J connectivity index is 1.35. The molecule has 3 heterocycles. The van der Waals surface area contributed by atoms with Gasteiger partial charge < -0.3 is 14.2 Å². The smallest absolute Gasteiger partial charge is 0.279 e. The molecule has 2 atom stereocenters. The van der Waals surface area contributed by atoms with E-state index in [2.05, 4.69) is 20.3 Å². The molecule has 2 aromatic carbocycles. The lowest BCUT2D eigenvalue weighted by molar-refractivity contribution is -0.129. The minimum absolute atomic E-state index is 0.0462. The molecule has 0 bridgehead atoms. The molecule has 1 aliphatic heterocycles. The average Bonchev–Trinajstić information content (AvgIpc) is 3.51. The fourth-order valence-corrected chi connectivity index (χ4v) is 3.96. The molecule has 2 unspecified atom stereocenters. The van der Waals surface area contributed by atoms with E-state index >= 15 is 0 Å². The Morgan fingerprint density at radius 3 is 2.80 bits per heavy atom. The number of nitrogens with zero attached hydrogens (tertiary/aromatic N) is 4. The molecule has 1 fully saturated rings. The van der Waals surface area contributed by atoms with Gasteiger partial charge in [0.25, 0.3) is 5.89 Å². The lowest BCUT2D eigenvalue weighted by Gasteiger charge is -2.25. The van der Waals surface area contributed by atoms with Crippen molar-refractivity contribution in [2.24, 2.45) is 0 Å². The van der Waals surface area contributed by atoms with Gasteiger partial charge in [0.2, 0.25) is 5.91 Å². The van der Waals surface area contributed by atoms with Crippen LogP contribution in [0.15, 0.2) is 53.1 Å². The summed E-state index contributed by atoms with van der Waals surface area (Å²) in [5.41, 5.74) is 2.58. The van der Waals surface area contributed by atoms with Gasteiger partial charge in [0.05, 0.1) is 18.7 Å². The van der Waals surface area contributed by atoms with Crippen molar-refractivity contribution in [3.8, 4) is 17.3 Å². The number of carbonyl (C=O) groups excluding carboxylic acids is 1. The van der Waals surface area contributed by atoms with Gasteiger partial charge >= 0.3 is 0 Å². The number of fused-ring (bicyclic) bond motifs is 1. The predicted molar refractivity (Wildman–Crippen MR) is 110 cm³/mol. The highest BCUT2D eigenvalue weighted by Gasteiger charge is 2.36. The number of carbonyl (C=O) groups is 1. The number of aromatic nitrogens is 4. The van der Waals surface area contributed by atoms with Crippen molar-refractivity contribution in [3.05, 3.63) is 59.9 Å². The third-order valence-electron chi connectivity index (χ3n) is 5.70. The van der Waals surface area contributed by atoms with E-state index in [1.807, 2.05) is 60.4 Å². The topological polar surface area (TPSA) is 97.1 Å². The Morgan fingerprint density at radius 2 is 2.00 bits per heavy atom. The van der Waals surface area contributed by atoms with Gasteiger partial charge in [-0.25, -0.2) is 0 Å². The summed E-state index contributed by atoms with van der Waals surface area (Å²) in [7, 11) is 1.64. The van der Waals surface area contributed by atoms with E-state index in [-0.39, 0.29) is 17.9 Å². The van der Waals surface area contributed by atoms with Crippen molar-refractivity contribution < 1.29 is 14.1 Å². The fourth-order valence-electron chi connectivity index (χ4n) is 3.96. The average molecular weight is 403 g/mol. The molecule has 8 nitrogen and oxygen atoms in total. The number of hydrogen-bond donors (Lipinski definition) is 1. The highest BCUT2D eigenvalue weighted by atomic mass is 16.5. The lowest BCUT2D eigenvalue weighted by Crippen LogP contribution is -2.28. The molecule has 5 rings (SSSR count). The Morgan fingerprint density at radius 1 is 1.20 bits per heavy atom. The van der Waals surface area contributed by atoms with Crippen LogP contribution < -0.4 is 4.74 Å². The number of ether oxygens (including phenoxy) is 1. The van der Waals surface area contributed by atoms with Crippen molar-refractivity contribution in [1.82, 2.24) is 25.2 Å². The molecule has 0 saturated carbocycles. The molecule has 0 aliphatic carbocycles. The van der Waals surface area contributed by atoms with Gasteiger partial charge in [0, 0.05) is 24.3 Å². The van der Waals surface area contributed by atoms with Crippen LogP contribution in [0.1, 0.15) is 36.7 Å². The third kappa shape index (κ3) is 3.10. The van der Waals surface area contributed by atoms with Crippen LogP contribution in [0, 0.1) is 0 Å². The first-order valence-corrected chi connectivity index (χ1v) is 9.84. The summed E-state index contributed by atoms with van der Waals surface area (Å²) >= 11 is 0. The predicted octanol–water partition coefficient (Wildman–Crippen LogP) is 3.70. The molecule has 2 aromatic heterocycles. The number of para-hydroxylation sites is 1. The van der Waals surface area contributed by atoms with Crippen LogP contribution in [-0.2, 0) is 4.79 Å². The number of amides is 1. The van der Waals surface area contributed by atoms with Crippen molar-refractivity contribution in [2.45, 2.75) is 25.3 Å². The normalized spacial score (nSPS) is 17.6. The Labute approximate surface area is 172 Å². The molecular weight excluding hydrogens is 382 g/mol. The second-order valence-electron chi connectivity index (χ2n) is 7.47. The van der Waals surface area contributed by atoms with Crippen molar-refractivity contribution in [2.75, 3.05) is 13.7 Å². The summed E-state index contributed by atoms with van der Waals surface area (Å²) in [6.45, 7) is 2.58. The van der Waals surface area contributed by atoms with E-state index in [0.29, 0.717) is 30.4 Å². The monoisotopic (exact) mass is 403 g/mol. The van der Waals surface area contributed by atoms with Crippen LogP contribution in [0.4, 0.5) is 0 Å². The fraction of sp³-hybridized carbons (Fsp3) is 0.273. The summed E-state index contributed by atoms with van der Waals surface area (Å²) in [4.78, 5) is 19.1. The van der Waals surface area contributed by atoms with Gasteiger partial charge in [0.15, 0.2) is 11.5 Å². The van der Waals surface area contributed by atoms with Crippen molar-refractivity contribution >= 4 is 16.8 Å². The van der Waals surface area contributed by atoms with Gasteiger partial charge in [-0.15, -0.1) is 0 Å². The summed E-state index contributed by atoms with van der Waals surface area (Å²) in [6, 6.07) is 15.5. The van der Waals surface area contributed by atoms with E-state index in [1.54, 1.807) is 7.11 Å². The first-order valence-electron chi connectivity index (χ1n) is 9.84. The Bertz CT molecular complexity index is 1200. The molecule has 8 heteroatoms. The third-order valence-corrected chi connectivity index (χ3v) is 5.70. The maximum absolute atomic E-state index is 12.7. The van der Waals surface area contributed by atoms with Gasteiger partial charge in [-0.1, -0.05) is 35.5 Å². The molecule has 4 aromatic rings. The van der Waals surface area contributed by atoms with Gasteiger partial charge in [-0.05, 0) is 30.7 Å². The number of H-pyrrole nitrogens is 1. The first kappa shape index (κ1) is 18.4. The molecular formula is C22H21N5O3. The van der Waals surface area contributed by atoms with Gasteiger partial charge in [0.1, 0.15) is 5.75 Å². The van der Waals surface area contributed by atoms with Crippen LogP contribution in [0.5, 0.6) is 5.75 Å². The number of aromatic amines is 1. The summed E-state index contributed by atoms with van der Waals surface area (Å²) < 4.78 is 10.7. The zero-order valence-corrected chi connectivity index (χ0v) is 16.7. The highest BCUT2D eigenvalue weighted by molar-refractivity contribution is 5.90. The van der Waals surface area contributed by atoms with Crippen molar-refractivity contribution in [1.29, 1.82) is 0 Å². The SMILES string of the molecule is COc1ccc(C(C)N2CC(c3noc(-c4n[nH]c5ccccc45)n3)CC2=O)cc1. The molecule has 0 radical (unpaired) electrons. The number of benzene rings is 2. The van der Waals surface area contributed by atoms with Crippen LogP contribution in [0.3, 0.4) is 0 Å². The van der Waals surface area contributed by atoms with E-state index < -0.39 is 0 Å². The van der Waals surface area contributed by atoms with Gasteiger partial charge in [-0.3, -0.25) is 9.89 Å². The highest BCUT2D eigenvalue weighted by Crippen LogP contribution is 2.34. The Kier molecular flexibility index (Phi) is 4.46. The zero-order valence-electron chi connectivity index (χ0n) is 16.7.